The van der Waals surface area contributed by atoms with Crippen LogP contribution < -0.4 is 5.32 Å². The lowest BCUT2D eigenvalue weighted by Crippen LogP contribution is -2.24. The van der Waals surface area contributed by atoms with Crippen LogP contribution in [0.5, 0.6) is 0 Å². The van der Waals surface area contributed by atoms with Gasteiger partial charge in [-0.05, 0) is 43.3 Å². The van der Waals surface area contributed by atoms with Crippen LogP contribution in [-0.2, 0) is 7.05 Å². The zero-order valence-electron chi connectivity index (χ0n) is 11.2. The molecule has 5 heteroatoms. The average molecular weight is 298 g/mol. The SMILES string of the molecule is CCNC(c1cc(Cl)ccc1Cl)c1cc(C)nn1C. The van der Waals surface area contributed by atoms with Gasteiger partial charge in [0.15, 0.2) is 0 Å². The molecule has 0 saturated carbocycles. The number of rotatable bonds is 4. The molecule has 3 nitrogen and oxygen atoms in total. The van der Waals surface area contributed by atoms with Gasteiger partial charge in [0.05, 0.1) is 17.4 Å². The van der Waals surface area contributed by atoms with E-state index in [0.717, 1.165) is 23.5 Å². The Hall–Kier alpha value is -1.03. The average Bonchev–Trinajstić information content (AvgIpc) is 2.69. The molecule has 0 saturated heterocycles. The molecule has 0 radical (unpaired) electrons. The molecule has 0 fully saturated rings. The topological polar surface area (TPSA) is 29.9 Å². The van der Waals surface area contributed by atoms with E-state index in [1.165, 1.54) is 0 Å². The lowest BCUT2D eigenvalue weighted by molar-refractivity contribution is 0.572. The molecule has 1 unspecified atom stereocenters. The summed E-state index contributed by atoms with van der Waals surface area (Å²) in [6.07, 6.45) is 0. The number of aromatic nitrogens is 2. The number of aryl methyl sites for hydroxylation is 2. The molecule has 1 heterocycles. The highest BCUT2D eigenvalue weighted by Crippen LogP contribution is 2.30. The standard InChI is InChI=1S/C14H17Cl2N3/c1-4-17-14(13-7-9(2)18-19(13)3)11-8-10(15)5-6-12(11)16/h5-8,14,17H,4H2,1-3H3. The lowest BCUT2D eigenvalue weighted by atomic mass is 10.0. The second kappa shape index (κ2) is 5.95. The third-order valence-corrected chi connectivity index (χ3v) is 3.59. The molecule has 0 bridgehead atoms. The van der Waals surface area contributed by atoms with E-state index in [0.29, 0.717) is 10.0 Å². The van der Waals surface area contributed by atoms with Crippen molar-refractivity contribution in [1.29, 1.82) is 0 Å². The van der Waals surface area contributed by atoms with Gasteiger partial charge >= 0.3 is 0 Å². The smallest absolute Gasteiger partial charge is 0.0763 e. The summed E-state index contributed by atoms with van der Waals surface area (Å²) in [5.41, 5.74) is 3.03. The zero-order valence-corrected chi connectivity index (χ0v) is 12.8. The molecule has 102 valence electrons. The Morgan fingerprint density at radius 3 is 2.63 bits per heavy atom. The van der Waals surface area contributed by atoms with Crippen LogP contribution in [0, 0.1) is 6.92 Å². The van der Waals surface area contributed by atoms with Gasteiger partial charge < -0.3 is 5.32 Å². The Kier molecular flexibility index (Phi) is 4.50. The molecule has 1 N–H and O–H groups in total. The lowest BCUT2D eigenvalue weighted by Gasteiger charge is -2.20. The van der Waals surface area contributed by atoms with Gasteiger partial charge in [0.1, 0.15) is 0 Å². The van der Waals surface area contributed by atoms with Crippen LogP contribution in [-0.4, -0.2) is 16.3 Å². The molecule has 0 amide bonds. The van der Waals surface area contributed by atoms with E-state index < -0.39 is 0 Å². The Morgan fingerprint density at radius 2 is 2.05 bits per heavy atom. The minimum absolute atomic E-state index is 0.0117. The summed E-state index contributed by atoms with van der Waals surface area (Å²) in [6.45, 7) is 4.87. The molecular formula is C14H17Cl2N3. The Morgan fingerprint density at radius 1 is 1.32 bits per heavy atom. The van der Waals surface area contributed by atoms with Gasteiger partial charge in [-0.25, -0.2) is 0 Å². The highest BCUT2D eigenvalue weighted by Gasteiger charge is 2.20. The van der Waals surface area contributed by atoms with Crippen LogP contribution in [0.4, 0.5) is 0 Å². The van der Waals surface area contributed by atoms with Crippen molar-refractivity contribution < 1.29 is 0 Å². The minimum atomic E-state index is -0.0117. The fourth-order valence-electron chi connectivity index (χ4n) is 2.21. The second-order valence-corrected chi connectivity index (χ2v) is 5.33. The molecule has 0 aliphatic rings. The number of nitrogens with zero attached hydrogens (tertiary/aromatic N) is 2. The molecule has 2 rings (SSSR count). The Bertz CT molecular complexity index is 578. The molecule has 0 aliphatic heterocycles. The van der Waals surface area contributed by atoms with E-state index in [1.54, 1.807) is 6.07 Å². The van der Waals surface area contributed by atoms with E-state index in [4.69, 9.17) is 23.2 Å². The third kappa shape index (κ3) is 3.11. The second-order valence-electron chi connectivity index (χ2n) is 4.49. The van der Waals surface area contributed by atoms with Crippen molar-refractivity contribution in [2.45, 2.75) is 19.9 Å². The first-order chi connectivity index (χ1) is 9.02. The number of benzene rings is 1. The maximum absolute atomic E-state index is 6.31. The molecular weight excluding hydrogens is 281 g/mol. The highest BCUT2D eigenvalue weighted by atomic mass is 35.5. The molecule has 0 spiro atoms. The van der Waals surface area contributed by atoms with E-state index in [9.17, 15) is 0 Å². The van der Waals surface area contributed by atoms with E-state index in [2.05, 4.69) is 23.4 Å². The van der Waals surface area contributed by atoms with Crippen LogP contribution in [0.1, 0.15) is 29.9 Å². The van der Waals surface area contributed by atoms with Crippen LogP contribution in [0.15, 0.2) is 24.3 Å². The van der Waals surface area contributed by atoms with Crippen LogP contribution in [0.2, 0.25) is 10.0 Å². The number of nitrogens with one attached hydrogen (secondary N) is 1. The van der Waals surface area contributed by atoms with Gasteiger partial charge in [-0.3, -0.25) is 4.68 Å². The molecule has 19 heavy (non-hydrogen) atoms. The van der Waals surface area contributed by atoms with Crippen LogP contribution in [0.25, 0.3) is 0 Å². The van der Waals surface area contributed by atoms with Gasteiger partial charge in [0, 0.05) is 17.1 Å². The van der Waals surface area contributed by atoms with Crippen LogP contribution in [0.3, 0.4) is 0 Å². The largest absolute Gasteiger partial charge is 0.305 e. The minimum Gasteiger partial charge on any atom is -0.305 e. The van der Waals surface area contributed by atoms with Gasteiger partial charge in [0.2, 0.25) is 0 Å². The highest BCUT2D eigenvalue weighted by molar-refractivity contribution is 6.33. The first-order valence-electron chi connectivity index (χ1n) is 6.21. The molecule has 1 atom stereocenters. The zero-order chi connectivity index (χ0) is 14.0. The van der Waals surface area contributed by atoms with Gasteiger partial charge in [-0.1, -0.05) is 30.1 Å². The van der Waals surface area contributed by atoms with Crippen molar-refractivity contribution in [2.24, 2.45) is 7.05 Å². The van der Waals surface area contributed by atoms with E-state index in [-0.39, 0.29) is 6.04 Å². The van der Waals surface area contributed by atoms with Gasteiger partial charge in [-0.15, -0.1) is 0 Å². The van der Waals surface area contributed by atoms with E-state index in [1.807, 2.05) is 30.8 Å². The third-order valence-electron chi connectivity index (χ3n) is 3.01. The summed E-state index contributed by atoms with van der Waals surface area (Å²) in [5, 5.41) is 9.21. The van der Waals surface area contributed by atoms with Crippen LogP contribution >= 0.6 is 23.2 Å². The van der Waals surface area contributed by atoms with Gasteiger partial charge in [-0.2, -0.15) is 5.10 Å². The summed E-state index contributed by atoms with van der Waals surface area (Å²) in [6, 6.07) is 7.57. The first-order valence-corrected chi connectivity index (χ1v) is 6.97. The van der Waals surface area contributed by atoms with Crippen molar-refractivity contribution in [3.05, 3.63) is 51.3 Å². The summed E-state index contributed by atoms with van der Waals surface area (Å²) in [7, 11) is 1.94. The fraction of sp³-hybridized carbons (Fsp3) is 0.357. The van der Waals surface area contributed by atoms with Gasteiger partial charge in [0.25, 0.3) is 0 Å². The monoisotopic (exact) mass is 297 g/mol. The molecule has 2 aromatic rings. The van der Waals surface area contributed by atoms with Crippen molar-refractivity contribution in [2.75, 3.05) is 6.54 Å². The first kappa shape index (κ1) is 14.4. The predicted octanol–water partition coefficient (Wildman–Crippen LogP) is 3.73. The van der Waals surface area contributed by atoms with E-state index >= 15 is 0 Å². The van der Waals surface area contributed by atoms with Crippen molar-refractivity contribution >= 4 is 23.2 Å². The normalized spacial score (nSPS) is 12.7. The predicted molar refractivity (Wildman–Crippen MR) is 79.9 cm³/mol. The van der Waals surface area contributed by atoms with Crippen molar-refractivity contribution in [1.82, 2.24) is 15.1 Å². The molecule has 1 aromatic heterocycles. The Labute approximate surface area is 123 Å². The molecule has 1 aromatic carbocycles. The quantitative estimate of drug-likeness (QED) is 0.932. The maximum atomic E-state index is 6.31. The number of hydrogen-bond acceptors (Lipinski definition) is 2. The number of hydrogen-bond donors (Lipinski definition) is 1. The number of halogens is 2. The summed E-state index contributed by atoms with van der Waals surface area (Å²) < 4.78 is 1.87. The summed E-state index contributed by atoms with van der Waals surface area (Å²) >= 11 is 12.4. The van der Waals surface area contributed by atoms with Crippen molar-refractivity contribution in [3.8, 4) is 0 Å². The molecule has 0 aliphatic carbocycles. The summed E-state index contributed by atoms with van der Waals surface area (Å²) in [4.78, 5) is 0. The Balaban J connectivity index is 2.51. The summed E-state index contributed by atoms with van der Waals surface area (Å²) in [5.74, 6) is 0. The van der Waals surface area contributed by atoms with Crippen molar-refractivity contribution in [3.63, 3.8) is 0 Å². The maximum Gasteiger partial charge on any atom is 0.0763 e. The fourth-order valence-corrected chi connectivity index (χ4v) is 2.62.